The molecule has 1 heterocycles. The van der Waals surface area contributed by atoms with Gasteiger partial charge in [-0.2, -0.15) is 0 Å². The van der Waals surface area contributed by atoms with E-state index in [0.717, 1.165) is 0 Å². The minimum atomic E-state index is 0.236. The lowest BCUT2D eigenvalue weighted by Crippen LogP contribution is -2.26. The van der Waals surface area contributed by atoms with Gasteiger partial charge in [0.25, 0.3) is 0 Å². The summed E-state index contributed by atoms with van der Waals surface area (Å²) in [6.07, 6.45) is 27.7. The fourth-order valence-corrected chi connectivity index (χ4v) is 5.47. The van der Waals surface area contributed by atoms with E-state index >= 15 is 0 Å². The van der Waals surface area contributed by atoms with Crippen molar-refractivity contribution in [3.05, 3.63) is 29.6 Å². The van der Waals surface area contributed by atoms with Gasteiger partial charge in [0.1, 0.15) is 0 Å². The summed E-state index contributed by atoms with van der Waals surface area (Å²) in [6, 6.07) is 4.87. The van der Waals surface area contributed by atoms with Crippen LogP contribution in [0.15, 0.2) is 18.3 Å². The lowest BCUT2D eigenvalue weighted by atomic mass is 9.73. The van der Waals surface area contributed by atoms with E-state index in [1.54, 1.807) is 0 Å². The number of pyridine rings is 1. The van der Waals surface area contributed by atoms with Crippen LogP contribution in [0.4, 0.5) is 0 Å². The molecule has 1 aromatic heterocycles. The van der Waals surface area contributed by atoms with Crippen molar-refractivity contribution in [3.63, 3.8) is 0 Å². The monoisotopic (exact) mass is 457 g/mol. The highest BCUT2D eigenvalue weighted by atomic mass is 14.7. The SMILES string of the molecule is CCCCCCCC(C)(CCCCCC)c1ccc(C(C)(CCCC)CCCCCC)nc1. The lowest BCUT2D eigenvalue weighted by Gasteiger charge is -2.33. The molecule has 0 amide bonds. The highest BCUT2D eigenvalue weighted by Gasteiger charge is 2.30. The molecular formula is C32H59N. The highest BCUT2D eigenvalue weighted by molar-refractivity contribution is 5.26. The third-order valence-electron chi connectivity index (χ3n) is 8.16. The first-order chi connectivity index (χ1) is 16.0. The smallest absolute Gasteiger partial charge is 0.0462 e. The number of unbranched alkanes of at least 4 members (excludes halogenated alkanes) is 11. The van der Waals surface area contributed by atoms with Crippen LogP contribution in [0.2, 0.25) is 0 Å². The fourth-order valence-electron chi connectivity index (χ4n) is 5.47. The fraction of sp³-hybridized carbons (Fsp3) is 0.844. The second kappa shape index (κ2) is 17.6. The van der Waals surface area contributed by atoms with Crippen molar-refractivity contribution in [2.45, 2.75) is 174 Å². The Morgan fingerprint density at radius 3 is 1.39 bits per heavy atom. The maximum atomic E-state index is 5.17. The largest absolute Gasteiger partial charge is 0.260 e. The van der Waals surface area contributed by atoms with Crippen LogP contribution in [-0.4, -0.2) is 4.98 Å². The van der Waals surface area contributed by atoms with Gasteiger partial charge in [0.15, 0.2) is 0 Å². The van der Waals surface area contributed by atoms with E-state index in [-0.39, 0.29) is 10.8 Å². The molecule has 1 rings (SSSR count). The molecular weight excluding hydrogens is 398 g/mol. The normalized spacial score (nSPS) is 15.3. The first-order valence-corrected chi connectivity index (χ1v) is 14.9. The summed E-state index contributed by atoms with van der Waals surface area (Å²) in [4.78, 5) is 5.17. The number of rotatable bonds is 21. The van der Waals surface area contributed by atoms with E-state index < -0.39 is 0 Å². The van der Waals surface area contributed by atoms with E-state index in [4.69, 9.17) is 4.98 Å². The highest BCUT2D eigenvalue weighted by Crippen LogP contribution is 2.38. The number of hydrogen-bond acceptors (Lipinski definition) is 1. The molecule has 2 unspecified atom stereocenters. The average molecular weight is 458 g/mol. The van der Waals surface area contributed by atoms with Gasteiger partial charge < -0.3 is 0 Å². The molecule has 0 N–H and O–H groups in total. The van der Waals surface area contributed by atoms with Crippen molar-refractivity contribution in [1.29, 1.82) is 0 Å². The molecule has 0 saturated carbocycles. The summed E-state index contributed by atoms with van der Waals surface area (Å²) in [7, 11) is 0. The Kier molecular flexibility index (Phi) is 16.1. The van der Waals surface area contributed by atoms with E-state index in [1.807, 2.05) is 0 Å². The minimum absolute atomic E-state index is 0.236. The van der Waals surface area contributed by atoms with Crippen LogP contribution in [0.25, 0.3) is 0 Å². The average Bonchev–Trinajstić information content (AvgIpc) is 2.83. The number of nitrogens with zero attached hydrogens (tertiary/aromatic N) is 1. The predicted octanol–water partition coefficient (Wildman–Crippen LogP) is 11.1. The Morgan fingerprint density at radius 1 is 0.515 bits per heavy atom. The molecule has 1 aromatic rings. The van der Waals surface area contributed by atoms with Gasteiger partial charge in [-0.05, 0) is 42.7 Å². The van der Waals surface area contributed by atoms with Crippen LogP contribution in [-0.2, 0) is 10.8 Å². The molecule has 1 heteroatoms. The van der Waals surface area contributed by atoms with Gasteiger partial charge in [-0.3, -0.25) is 4.98 Å². The minimum Gasteiger partial charge on any atom is -0.260 e. The van der Waals surface area contributed by atoms with Crippen molar-refractivity contribution in [3.8, 4) is 0 Å². The van der Waals surface area contributed by atoms with Gasteiger partial charge in [0.05, 0.1) is 0 Å². The van der Waals surface area contributed by atoms with Gasteiger partial charge in [0, 0.05) is 17.3 Å². The zero-order valence-electron chi connectivity index (χ0n) is 23.6. The van der Waals surface area contributed by atoms with Gasteiger partial charge >= 0.3 is 0 Å². The summed E-state index contributed by atoms with van der Waals surface area (Å²) < 4.78 is 0. The molecule has 0 aliphatic heterocycles. The zero-order chi connectivity index (χ0) is 24.4. The van der Waals surface area contributed by atoms with E-state index in [9.17, 15) is 0 Å². The second-order valence-electron chi connectivity index (χ2n) is 11.4. The van der Waals surface area contributed by atoms with Crippen molar-refractivity contribution < 1.29 is 0 Å². The summed E-state index contributed by atoms with van der Waals surface area (Å²) in [5.74, 6) is 0. The molecule has 1 nitrogen and oxygen atoms in total. The molecule has 0 fully saturated rings. The maximum Gasteiger partial charge on any atom is 0.0462 e. The van der Waals surface area contributed by atoms with E-state index in [0.29, 0.717) is 0 Å². The Balaban J connectivity index is 2.95. The third kappa shape index (κ3) is 11.4. The van der Waals surface area contributed by atoms with Crippen LogP contribution >= 0.6 is 0 Å². The van der Waals surface area contributed by atoms with Crippen molar-refractivity contribution in [1.82, 2.24) is 4.98 Å². The van der Waals surface area contributed by atoms with Crippen molar-refractivity contribution in [2.24, 2.45) is 0 Å². The Bertz CT molecular complexity index is 577. The summed E-state index contributed by atoms with van der Waals surface area (Å²) in [5.41, 5.74) is 3.35. The van der Waals surface area contributed by atoms with Gasteiger partial charge in [-0.1, -0.05) is 144 Å². The molecule has 33 heavy (non-hydrogen) atoms. The maximum absolute atomic E-state index is 5.17. The molecule has 0 aliphatic rings. The second-order valence-corrected chi connectivity index (χ2v) is 11.4. The molecule has 2 atom stereocenters. The molecule has 0 radical (unpaired) electrons. The van der Waals surface area contributed by atoms with Crippen LogP contribution in [0.1, 0.15) is 175 Å². The van der Waals surface area contributed by atoms with Crippen LogP contribution in [0.3, 0.4) is 0 Å². The van der Waals surface area contributed by atoms with Crippen LogP contribution < -0.4 is 0 Å². The Hall–Kier alpha value is -0.850. The van der Waals surface area contributed by atoms with Gasteiger partial charge in [-0.15, -0.1) is 0 Å². The summed E-state index contributed by atoms with van der Waals surface area (Å²) >= 11 is 0. The van der Waals surface area contributed by atoms with Crippen molar-refractivity contribution in [2.75, 3.05) is 0 Å². The number of hydrogen-bond donors (Lipinski definition) is 0. The lowest BCUT2D eigenvalue weighted by molar-refractivity contribution is 0.352. The molecule has 192 valence electrons. The Labute approximate surface area is 209 Å². The number of aromatic nitrogens is 1. The third-order valence-corrected chi connectivity index (χ3v) is 8.16. The van der Waals surface area contributed by atoms with E-state index in [1.165, 1.54) is 133 Å². The summed E-state index contributed by atoms with van der Waals surface area (Å²) in [6.45, 7) is 14.2. The van der Waals surface area contributed by atoms with Crippen LogP contribution in [0.5, 0.6) is 0 Å². The van der Waals surface area contributed by atoms with Crippen LogP contribution in [0, 0.1) is 0 Å². The molecule has 0 bridgehead atoms. The first-order valence-electron chi connectivity index (χ1n) is 14.9. The van der Waals surface area contributed by atoms with E-state index in [2.05, 4.69) is 59.9 Å². The molecule has 0 aromatic carbocycles. The van der Waals surface area contributed by atoms with Gasteiger partial charge in [0.2, 0.25) is 0 Å². The first kappa shape index (κ1) is 30.2. The van der Waals surface area contributed by atoms with Gasteiger partial charge in [-0.25, -0.2) is 0 Å². The zero-order valence-corrected chi connectivity index (χ0v) is 23.6. The predicted molar refractivity (Wildman–Crippen MR) is 149 cm³/mol. The molecule has 0 aliphatic carbocycles. The Morgan fingerprint density at radius 2 is 0.939 bits per heavy atom. The molecule has 0 saturated heterocycles. The molecule has 0 spiro atoms. The van der Waals surface area contributed by atoms with Crippen molar-refractivity contribution >= 4 is 0 Å². The standard InChI is InChI=1S/C32H59N/c1-7-11-15-18-21-26-31(5,25-19-16-12-8-2)29-22-23-30(33-28-29)32(6,24-14-10-4)27-20-17-13-9-3/h22-23,28H,7-21,24-27H2,1-6H3. The topological polar surface area (TPSA) is 12.9 Å². The quantitative estimate of drug-likeness (QED) is 0.167. The summed E-state index contributed by atoms with van der Waals surface area (Å²) in [5, 5.41) is 0.